The summed E-state index contributed by atoms with van der Waals surface area (Å²) in [6.07, 6.45) is 4.10. The molecule has 0 radical (unpaired) electrons. The number of alkyl halides is 2. The Morgan fingerprint density at radius 2 is 2.03 bits per heavy atom. The molecular formula is C20H22F3N3O4. The van der Waals surface area contributed by atoms with Crippen LogP contribution in [0.25, 0.3) is 0 Å². The SMILES string of the molecule is C#CCNC(=O)c1ccc(F)c(C2(C)N=C(NC(=O)OC(C)(C)C)OCC2(F)F)c1. The summed E-state index contributed by atoms with van der Waals surface area (Å²) in [6.45, 7) is 4.55. The largest absolute Gasteiger partial charge is 0.458 e. The molecule has 1 atom stereocenters. The topological polar surface area (TPSA) is 89.0 Å². The highest BCUT2D eigenvalue weighted by atomic mass is 19.3. The van der Waals surface area contributed by atoms with E-state index in [1.165, 1.54) is 0 Å². The molecule has 1 aromatic carbocycles. The first kappa shape index (κ1) is 23.1. The minimum atomic E-state index is -3.65. The van der Waals surface area contributed by atoms with Crippen LogP contribution in [0, 0.1) is 18.2 Å². The molecule has 0 saturated heterocycles. The summed E-state index contributed by atoms with van der Waals surface area (Å²) in [7, 11) is 0. The third kappa shape index (κ3) is 5.03. The van der Waals surface area contributed by atoms with Gasteiger partial charge in [0.25, 0.3) is 11.9 Å². The van der Waals surface area contributed by atoms with E-state index in [9.17, 15) is 22.8 Å². The smallest absolute Gasteiger partial charge is 0.415 e. The number of nitrogens with zero attached hydrogens (tertiary/aromatic N) is 1. The number of aliphatic imine (C=N–C) groups is 1. The molecule has 0 aromatic heterocycles. The van der Waals surface area contributed by atoms with E-state index in [-0.39, 0.29) is 12.1 Å². The van der Waals surface area contributed by atoms with E-state index in [0.29, 0.717) is 0 Å². The number of benzene rings is 1. The van der Waals surface area contributed by atoms with Crippen molar-refractivity contribution in [3.05, 3.63) is 35.1 Å². The molecule has 0 bridgehead atoms. The Morgan fingerprint density at radius 1 is 1.37 bits per heavy atom. The minimum Gasteiger partial charge on any atom is -0.458 e. The number of terminal acetylenes is 1. The van der Waals surface area contributed by atoms with Gasteiger partial charge in [-0.1, -0.05) is 5.92 Å². The number of nitrogens with one attached hydrogen (secondary N) is 2. The predicted molar refractivity (Wildman–Crippen MR) is 103 cm³/mol. The molecule has 1 aromatic rings. The fraction of sp³-hybridized carbons (Fsp3) is 0.450. The number of hydrogen-bond acceptors (Lipinski definition) is 5. The molecule has 10 heteroatoms. The summed E-state index contributed by atoms with van der Waals surface area (Å²) in [5.74, 6) is -3.12. The molecule has 0 saturated carbocycles. The molecule has 1 aliphatic rings. The second-order valence-corrected chi connectivity index (χ2v) is 7.69. The molecule has 1 heterocycles. The number of amides is 2. The van der Waals surface area contributed by atoms with Crippen molar-refractivity contribution in [3.8, 4) is 12.3 Å². The van der Waals surface area contributed by atoms with Gasteiger partial charge in [-0.3, -0.25) is 4.79 Å². The van der Waals surface area contributed by atoms with Crippen LogP contribution in [0.5, 0.6) is 0 Å². The Balaban J connectivity index is 2.44. The highest BCUT2D eigenvalue weighted by Crippen LogP contribution is 2.44. The molecule has 2 amide bonds. The predicted octanol–water partition coefficient (Wildman–Crippen LogP) is 2.95. The van der Waals surface area contributed by atoms with E-state index in [1.807, 2.05) is 0 Å². The van der Waals surface area contributed by atoms with Gasteiger partial charge in [0.15, 0.2) is 12.1 Å². The molecule has 0 fully saturated rings. The maximum atomic E-state index is 14.8. The van der Waals surface area contributed by atoms with Crippen LogP contribution in [0.1, 0.15) is 43.6 Å². The number of carbonyl (C=O) groups is 2. The van der Waals surface area contributed by atoms with Gasteiger partial charge in [-0.2, -0.15) is 8.78 Å². The minimum absolute atomic E-state index is 0.0815. The Morgan fingerprint density at radius 3 is 2.63 bits per heavy atom. The summed E-state index contributed by atoms with van der Waals surface area (Å²) in [5.41, 5.74) is -3.95. The van der Waals surface area contributed by atoms with E-state index in [1.54, 1.807) is 20.8 Å². The number of halogens is 3. The first-order valence-electron chi connectivity index (χ1n) is 8.91. The van der Waals surface area contributed by atoms with Gasteiger partial charge in [0.1, 0.15) is 11.4 Å². The number of amidine groups is 1. The number of hydrogen-bond donors (Lipinski definition) is 2. The Labute approximate surface area is 172 Å². The first-order chi connectivity index (χ1) is 13.8. The summed E-state index contributed by atoms with van der Waals surface area (Å²) < 4.78 is 54.0. The van der Waals surface area contributed by atoms with Crippen molar-refractivity contribution in [2.75, 3.05) is 13.2 Å². The fourth-order valence-corrected chi connectivity index (χ4v) is 2.60. The van der Waals surface area contributed by atoms with Crippen LogP contribution in [0.2, 0.25) is 0 Å². The highest BCUT2D eigenvalue weighted by molar-refractivity contribution is 5.95. The third-order valence-electron chi connectivity index (χ3n) is 4.14. The Hall–Kier alpha value is -3.22. The van der Waals surface area contributed by atoms with E-state index in [4.69, 9.17) is 15.9 Å². The van der Waals surface area contributed by atoms with Crippen LogP contribution >= 0.6 is 0 Å². The van der Waals surface area contributed by atoms with Gasteiger partial charge < -0.3 is 14.8 Å². The standard InChI is InChI=1S/C20H22F3N3O4/c1-6-9-24-15(27)12-7-8-14(21)13(10-12)19(5)20(22,23)11-29-16(26-19)25-17(28)30-18(2,3)4/h1,7-8,10H,9,11H2,2-5H3,(H,24,27)(H,25,26,28). The van der Waals surface area contributed by atoms with Gasteiger partial charge >= 0.3 is 12.0 Å². The maximum absolute atomic E-state index is 14.8. The zero-order chi connectivity index (χ0) is 22.7. The number of alkyl carbamates (subject to hydrolysis) is 1. The molecule has 162 valence electrons. The van der Waals surface area contributed by atoms with Crippen LogP contribution in [-0.4, -0.2) is 42.7 Å². The molecule has 2 rings (SSSR count). The monoisotopic (exact) mass is 425 g/mol. The van der Waals surface area contributed by atoms with Gasteiger partial charge in [-0.15, -0.1) is 6.42 Å². The zero-order valence-corrected chi connectivity index (χ0v) is 16.9. The summed E-state index contributed by atoms with van der Waals surface area (Å²) in [5, 5.41) is 4.50. The number of carbonyl (C=O) groups excluding carboxylic acids is 2. The van der Waals surface area contributed by atoms with E-state index < -0.39 is 53.1 Å². The summed E-state index contributed by atoms with van der Waals surface area (Å²) >= 11 is 0. The molecule has 7 nitrogen and oxygen atoms in total. The Bertz CT molecular complexity index is 919. The number of ether oxygens (including phenoxy) is 2. The summed E-state index contributed by atoms with van der Waals surface area (Å²) in [4.78, 5) is 27.8. The van der Waals surface area contributed by atoms with Crippen molar-refractivity contribution < 1.29 is 32.2 Å². The first-order valence-corrected chi connectivity index (χ1v) is 8.91. The van der Waals surface area contributed by atoms with Crippen molar-refractivity contribution in [2.24, 2.45) is 4.99 Å². The second kappa shape index (κ2) is 8.26. The number of rotatable bonds is 3. The maximum Gasteiger partial charge on any atom is 0.415 e. The zero-order valence-electron chi connectivity index (χ0n) is 16.9. The van der Waals surface area contributed by atoms with E-state index >= 15 is 0 Å². The quantitative estimate of drug-likeness (QED) is 0.729. The average Bonchev–Trinajstić information content (AvgIpc) is 2.61. The highest BCUT2D eigenvalue weighted by Gasteiger charge is 2.56. The average molecular weight is 425 g/mol. The molecule has 0 spiro atoms. The van der Waals surface area contributed by atoms with E-state index in [2.05, 4.69) is 21.5 Å². The van der Waals surface area contributed by atoms with Crippen LogP contribution in [0.15, 0.2) is 23.2 Å². The Kier molecular flexibility index (Phi) is 6.35. The van der Waals surface area contributed by atoms with Crippen molar-refractivity contribution in [1.82, 2.24) is 10.6 Å². The lowest BCUT2D eigenvalue weighted by Crippen LogP contribution is -2.53. The second-order valence-electron chi connectivity index (χ2n) is 7.69. The molecular weight excluding hydrogens is 403 g/mol. The van der Waals surface area contributed by atoms with Crippen molar-refractivity contribution in [3.63, 3.8) is 0 Å². The van der Waals surface area contributed by atoms with Gasteiger partial charge in [-0.25, -0.2) is 19.5 Å². The van der Waals surface area contributed by atoms with Gasteiger partial charge in [0, 0.05) is 11.1 Å². The van der Waals surface area contributed by atoms with Crippen LogP contribution in [0.4, 0.5) is 18.0 Å². The lowest BCUT2D eigenvalue weighted by atomic mass is 9.84. The fourth-order valence-electron chi connectivity index (χ4n) is 2.60. The van der Waals surface area contributed by atoms with Crippen molar-refractivity contribution in [2.45, 2.75) is 44.8 Å². The summed E-state index contributed by atoms with van der Waals surface area (Å²) in [6, 6.07) is 2.43. The van der Waals surface area contributed by atoms with Crippen molar-refractivity contribution in [1.29, 1.82) is 0 Å². The van der Waals surface area contributed by atoms with Gasteiger partial charge in [-0.05, 0) is 45.9 Å². The normalized spacial score (nSPS) is 20.3. The van der Waals surface area contributed by atoms with Crippen LogP contribution in [-0.2, 0) is 15.0 Å². The molecule has 1 aliphatic heterocycles. The van der Waals surface area contributed by atoms with Gasteiger partial charge in [0.05, 0.1) is 6.54 Å². The third-order valence-corrected chi connectivity index (χ3v) is 4.14. The molecule has 1 unspecified atom stereocenters. The van der Waals surface area contributed by atoms with Gasteiger partial charge in [0.2, 0.25) is 0 Å². The van der Waals surface area contributed by atoms with Crippen molar-refractivity contribution >= 4 is 18.0 Å². The molecule has 30 heavy (non-hydrogen) atoms. The lowest BCUT2D eigenvalue weighted by Gasteiger charge is -2.38. The molecule has 2 N–H and O–H groups in total. The lowest BCUT2D eigenvalue weighted by molar-refractivity contribution is -0.118. The molecule has 0 aliphatic carbocycles. The van der Waals surface area contributed by atoms with E-state index in [0.717, 1.165) is 25.1 Å². The van der Waals surface area contributed by atoms with Crippen LogP contribution in [0.3, 0.4) is 0 Å². The van der Waals surface area contributed by atoms with Crippen LogP contribution < -0.4 is 10.6 Å².